The van der Waals surface area contributed by atoms with Gasteiger partial charge < -0.3 is 20.4 Å². The molecule has 1 aliphatic rings. The number of nitrogen functional groups attached to an aromatic ring is 1. The molecule has 0 saturated carbocycles. The standard InChI is InChI=1S/C32H30ClF2N5O2/c1-18(2)39-10-8-19(9-11-39)24-12-20-13-29(38-28(20)16-26(24)34)31(41)25-17-37-40(32(25)36)30-7-6-23(15-27(30)35)42-22-5-3-4-21(33)14-22/h3-7,12-19,38H,8-11,36H2,1-2H3. The van der Waals surface area contributed by atoms with Crippen LogP contribution < -0.4 is 10.5 Å². The smallest absolute Gasteiger partial charge is 0.214 e. The van der Waals surface area contributed by atoms with Gasteiger partial charge in [-0.25, -0.2) is 13.5 Å². The molecule has 216 valence electrons. The second-order valence-electron chi connectivity index (χ2n) is 10.9. The van der Waals surface area contributed by atoms with Gasteiger partial charge in [-0.3, -0.25) is 4.79 Å². The van der Waals surface area contributed by atoms with Crippen LogP contribution in [0.25, 0.3) is 16.6 Å². The van der Waals surface area contributed by atoms with Gasteiger partial charge in [0.2, 0.25) is 5.78 Å². The molecule has 0 atom stereocenters. The fourth-order valence-electron chi connectivity index (χ4n) is 5.59. The van der Waals surface area contributed by atoms with Crippen LogP contribution in [0.3, 0.4) is 0 Å². The number of rotatable bonds is 7. The zero-order valence-corrected chi connectivity index (χ0v) is 24.0. The van der Waals surface area contributed by atoms with Crippen molar-refractivity contribution < 1.29 is 18.3 Å². The topological polar surface area (TPSA) is 89.2 Å². The second kappa shape index (κ2) is 11.2. The Hall–Kier alpha value is -4.21. The Labute approximate surface area is 246 Å². The molecule has 3 heterocycles. The molecule has 2 aromatic heterocycles. The van der Waals surface area contributed by atoms with Crippen molar-refractivity contribution in [3.05, 3.63) is 100 Å². The fraction of sp³-hybridized carbons (Fsp3) is 0.250. The molecular weight excluding hydrogens is 560 g/mol. The number of carbonyl (C=O) groups excluding carboxylic acids is 1. The highest BCUT2D eigenvalue weighted by Gasteiger charge is 2.26. The second-order valence-corrected chi connectivity index (χ2v) is 11.3. The third kappa shape index (κ3) is 5.37. The number of anilines is 1. The number of aromatic nitrogens is 3. The number of hydrogen-bond donors (Lipinski definition) is 2. The van der Waals surface area contributed by atoms with E-state index in [-0.39, 0.29) is 40.2 Å². The van der Waals surface area contributed by atoms with E-state index in [0.29, 0.717) is 27.9 Å². The fourth-order valence-corrected chi connectivity index (χ4v) is 5.77. The van der Waals surface area contributed by atoms with E-state index in [2.05, 4.69) is 28.8 Å². The Morgan fingerprint density at radius 2 is 1.81 bits per heavy atom. The Morgan fingerprint density at radius 1 is 1.05 bits per heavy atom. The molecule has 1 fully saturated rings. The number of carbonyl (C=O) groups is 1. The summed E-state index contributed by atoms with van der Waals surface area (Å²) in [5, 5.41) is 5.41. The number of nitrogens with one attached hydrogen (secondary N) is 1. The van der Waals surface area contributed by atoms with Gasteiger partial charge in [0.15, 0.2) is 5.82 Å². The van der Waals surface area contributed by atoms with Crippen LogP contribution in [0.1, 0.15) is 54.2 Å². The molecule has 0 bridgehead atoms. The van der Waals surface area contributed by atoms with Crippen molar-refractivity contribution in [3.63, 3.8) is 0 Å². The minimum Gasteiger partial charge on any atom is -0.457 e. The number of fused-ring (bicyclic) bond motifs is 1. The number of ketones is 1. The molecule has 6 rings (SSSR count). The zero-order chi connectivity index (χ0) is 29.5. The van der Waals surface area contributed by atoms with Gasteiger partial charge in [-0.1, -0.05) is 17.7 Å². The lowest BCUT2D eigenvalue weighted by molar-refractivity contribution is 0.103. The van der Waals surface area contributed by atoms with Crippen molar-refractivity contribution >= 4 is 34.1 Å². The number of hydrogen-bond acceptors (Lipinski definition) is 5. The SMILES string of the molecule is CC(C)N1CCC(c2cc3cc(C(=O)c4cnn(-c5ccc(Oc6cccc(Cl)c6)cc5F)c4N)[nH]c3cc2F)CC1. The Bertz CT molecular complexity index is 1790. The van der Waals surface area contributed by atoms with Crippen molar-refractivity contribution in [2.24, 2.45) is 0 Å². The summed E-state index contributed by atoms with van der Waals surface area (Å²) in [4.78, 5) is 18.9. The summed E-state index contributed by atoms with van der Waals surface area (Å²) in [6.45, 7) is 6.20. The van der Waals surface area contributed by atoms with Gasteiger partial charge in [0.1, 0.15) is 28.8 Å². The van der Waals surface area contributed by atoms with E-state index in [4.69, 9.17) is 22.1 Å². The number of nitrogens with two attached hydrogens (primary N) is 1. The van der Waals surface area contributed by atoms with Gasteiger partial charge in [-0.15, -0.1) is 0 Å². The van der Waals surface area contributed by atoms with Crippen LogP contribution >= 0.6 is 11.6 Å². The van der Waals surface area contributed by atoms with Gasteiger partial charge in [0.05, 0.1) is 17.5 Å². The van der Waals surface area contributed by atoms with Crippen molar-refractivity contribution in [2.45, 2.75) is 38.6 Å². The first kappa shape index (κ1) is 27.9. The van der Waals surface area contributed by atoms with Crippen LogP contribution in [-0.2, 0) is 0 Å². The van der Waals surface area contributed by atoms with Gasteiger partial charge >= 0.3 is 0 Å². The normalized spacial score (nSPS) is 14.6. The van der Waals surface area contributed by atoms with Crippen LogP contribution in [0.15, 0.2) is 66.9 Å². The molecule has 0 radical (unpaired) electrons. The highest BCUT2D eigenvalue weighted by molar-refractivity contribution is 6.30. The maximum absolute atomic E-state index is 15.2. The zero-order valence-electron chi connectivity index (χ0n) is 23.2. The van der Waals surface area contributed by atoms with Crippen LogP contribution in [0.5, 0.6) is 11.5 Å². The Morgan fingerprint density at radius 3 is 2.52 bits per heavy atom. The van der Waals surface area contributed by atoms with E-state index in [0.717, 1.165) is 36.0 Å². The van der Waals surface area contributed by atoms with Crippen molar-refractivity contribution in [3.8, 4) is 17.2 Å². The first-order chi connectivity index (χ1) is 20.2. The van der Waals surface area contributed by atoms with Crippen molar-refractivity contribution in [2.75, 3.05) is 18.8 Å². The molecule has 3 N–H and O–H groups in total. The number of aromatic amines is 1. The van der Waals surface area contributed by atoms with Crippen LogP contribution in [-0.4, -0.2) is 44.6 Å². The molecular formula is C32H30ClF2N5O2. The minimum absolute atomic E-state index is 0.0233. The average molecular weight is 590 g/mol. The predicted octanol–water partition coefficient (Wildman–Crippen LogP) is 7.48. The summed E-state index contributed by atoms with van der Waals surface area (Å²) in [6, 6.07) is 16.4. The van der Waals surface area contributed by atoms with Gasteiger partial charge in [0.25, 0.3) is 0 Å². The summed E-state index contributed by atoms with van der Waals surface area (Å²) >= 11 is 5.99. The molecule has 1 aliphatic heterocycles. The molecule has 0 spiro atoms. The summed E-state index contributed by atoms with van der Waals surface area (Å²) in [5.74, 6) is -0.524. The van der Waals surface area contributed by atoms with Crippen LogP contribution in [0.4, 0.5) is 14.6 Å². The third-order valence-electron chi connectivity index (χ3n) is 7.91. The Balaban J connectivity index is 1.23. The number of nitrogens with zero attached hydrogens (tertiary/aromatic N) is 3. The molecule has 1 saturated heterocycles. The van der Waals surface area contributed by atoms with E-state index in [1.165, 1.54) is 24.4 Å². The largest absolute Gasteiger partial charge is 0.457 e. The van der Waals surface area contributed by atoms with Crippen LogP contribution in [0, 0.1) is 11.6 Å². The summed E-state index contributed by atoms with van der Waals surface area (Å²) in [6.07, 6.45) is 3.07. The molecule has 0 aliphatic carbocycles. The molecule has 42 heavy (non-hydrogen) atoms. The highest BCUT2D eigenvalue weighted by atomic mass is 35.5. The molecule has 0 unspecified atom stereocenters. The third-order valence-corrected chi connectivity index (χ3v) is 8.15. The molecule has 10 heteroatoms. The lowest BCUT2D eigenvalue weighted by Crippen LogP contribution is -2.37. The minimum atomic E-state index is -0.642. The van der Waals surface area contributed by atoms with Gasteiger partial charge in [-0.2, -0.15) is 5.10 Å². The molecule has 3 aromatic carbocycles. The number of halogens is 3. The van der Waals surface area contributed by atoms with Crippen molar-refractivity contribution in [1.82, 2.24) is 19.7 Å². The molecule has 5 aromatic rings. The summed E-state index contributed by atoms with van der Waals surface area (Å²) in [5.41, 5.74) is 7.87. The number of piperidine rings is 1. The highest BCUT2D eigenvalue weighted by Crippen LogP contribution is 2.34. The number of ether oxygens (including phenoxy) is 1. The lowest BCUT2D eigenvalue weighted by Gasteiger charge is -2.34. The number of likely N-dealkylation sites (tertiary alicyclic amines) is 1. The predicted molar refractivity (Wildman–Crippen MR) is 160 cm³/mol. The number of H-pyrrole nitrogens is 1. The maximum atomic E-state index is 15.2. The van der Waals surface area contributed by atoms with Gasteiger partial charge in [0, 0.05) is 28.0 Å². The van der Waals surface area contributed by atoms with E-state index in [1.54, 1.807) is 36.4 Å². The van der Waals surface area contributed by atoms with Crippen LogP contribution in [0.2, 0.25) is 5.02 Å². The molecule has 7 nitrogen and oxygen atoms in total. The maximum Gasteiger partial charge on any atom is 0.214 e. The van der Waals surface area contributed by atoms with E-state index < -0.39 is 11.6 Å². The van der Waals surface area contributed by atoms with E-state index in [9.17, 15) is 4.79 Å². The monoisotopic (exact) mass is 589 g/mol. The quantitative estimate of drug-likeness (QED) is 0.192. The lowest BCUT2D eigenvalue weighted by atomic mass is 9.88. The van der Waals surface area contributed by atoms with Gasteiger partial charge in [-0.05, 0) is 99.8 Å². The van der Waals surface area contributed by atoms with Crippen molar-refractivity contribution in [1.29, 1.82) is 0 Å². The first-order valence-electron chi connectivity index (χ1n) is 13.9. The average Bonchev–Trinajstić information content (AvgIpc) is 3.55. The first-order valence-corrected chi connectivity index (χ1v) is 14.2. The summed E-state index contributed by atoms with van der Waals surface area (Å²) in [7, 11) is 0. The van der Waals surface area contributed by atoms with E-state index in [1.807, 2.05) is 6.07 Å². The molecule has 0 amide bonds. The Kier molecular flexibility index (Phi) is 7.47. The van der Waals surface area contributed by atoms with E-state index >= 15 is 8.78 Å². The summed E-state index contributed by atoms with van der Waals surface area (Å²) < 4.78 is 37.1. The number of benzene rings is 3.